The summed E-state index contributed by atoms with van der Waals surface area (Å²) < 4.78 is 0. The largest absolute Gasteiger partial charge is 0.481 e. The van der Waals surface area contributed by atoms with Gasteiger partial charge in [0.1, 0.15) is 6.04 Å². The van der Waals surface area contributed by atoms with Gasteiger partial charge >= 0.3 is 11.9 Å². The van der Waals surface area contributed by atoms with Crippen molar-refractivity contribution in [1.29, 1.82) is 0 Å². The van der Waals surface area contributed by atoms with Crippen LogP contribution < -0.4 is 16.1 Å². The Morgan fingerprint density at radius 1 is 0.900 bits per heavy atom. The van der Waals surface area contributed by atoms with E-state index in [0.29, 0.717) is 11.3 Å². The van der Waals surface area contributed by atoms with Crippen LogP contribution >= 0.6 is 0 Å². The van der Waals surface area contributed by atoms with Crippen LogP contribution in [0.2, 0.25) is 0 Å². The monoisotopic (exact) mass is 545 g/mol. The molecule has 0 spiro atoms. The predicted octanol–water partition coefficient (Wildman–Crippen LogP) is 3.04. The average molecular weight is 546 g/mol. The van der Waals surface area contributed by atoms with Gasteiger partial charge in [0.05, 0.1) is 18.2 Å². The van der Waals surface area contributed by atoms with Crippen LogP contribution in [0.1, 0.15) is 36.2 Å². The number of nitrogens with one attached hydrogen (secondary N) is 3. The molecule has 3 aromatic carbocycles. The number of amides is 2. The van der Waals surface area contributed by atoms with Gasteiger partial charge in [0.2, 0.25) is 0 Å². The maximum absolute atomic E-state index is 13.5. The maximum Gasteiger partial charge on any atom is 0.326 e. The van der Waals surface area contributed by atoms with Crippen molar-refractivity contribution in [3.05, 3.63) is 95.7 Å². The molecule has 0 saturated heterocycles. The molecule has 3 aromatic rings. The highest BCUT2D eigenvalue weighted by Gasteiger charge is 2.46. The second kappa shape index (κ2) is 12.0. The molecule has 2 amide bonds. The summed E-state index contributed by atoms with van der Waals surface area (Å²) in [4.78, 5) is 55.7. The zero-order valence-corrected chi connectivity index (χ0v) is 22.1. The summed E-state index contributed by atoms with van der Waals surface area (Å²) in [6.45, 7) is 3.81. The fraction of sp³-hybridized carbons (Fsp3) is 0.267. The van der Waals surface area contributed by atoms with E-state index < -0.39 is 42.0 Å². The first-order valence-corrected chi connectivity index (χ1v) is 12.8. The topological polar surface area (TPSA) is 154 Å². The van der Waals surface area contributed by atoms with Crippen molar-refractivity contribution in [3.63, 3.8) is 0 Å². The molecule has 0 bridgehead atoms. The molecule has 0 radical (unpaired) electrons. The third-order valence-corrected chi connectivity index (χ3v) is 6.74. The average Bonchev–Trinajstić information content (AvgIpc) is 3.35. The van der Waals surface area contributed by atoms with Gasteiger partial charge in [-0.25, -0.2) is 4.79 Å². The normalized spacial score (nSPS) is 17.9. The van der Waals surface area contributed by atoms with Gasteiger partial charge in [0.15, 0.2) is 5.60 Å². The summed E-state index contributed by atoms with van der Waals surface area (Å²) in [6, 6.07) is 19.7. The Morgan fingerprint density at radius 2 is 1.57 bits per heavy atom. The lowest BCUT2D eigenvalue weighted by atomic mass is 9.90. The molecule has 0 aromatic heterocycles. The fourth-order valence-electron chi connectivity index (χ4n) is 4.69. The number of hydrogen-bond donors (Lipinski definition) is 5. The van der Waals surface area contributed by atoms with Gasteiger partial charge in [0, 0.05) is 12.0 Å². The Kier molecular flexibility index (Phi) is 8.49. The minimum absolute atomic E-state index is 0.0255. The van der Waals surface area contributed by atoms with Crippen LogP contribution in [0.4, 0.5) is 0 Å². The van der Waals surface area contributed by atoms with Crippen LogP contribution in [0.3, 0.4) is 0 Å². The molecule has 1 aliphatic rings. The van der Waals surface area contributed by atoms with Crippen molar-refractivity contribution in [2.45, 2.75) is 44.4 Å². The molecule has 40 heavy (non-hydrogen) atoms. The Hall–Kier alpha value is -4.70. The molecule has 1 aliphatic heterocycles. The predicted molar refractivity (Wildman–Crippen MR) is 147 cm³/mol. The molecule has 10 nitrogen and oxygen atoms in total. The van der Waals surface area contributed by atoms with E-state index in [1.54, 1.807) is 30.3 Å². The number of carboxylic acid groups (broad SMARTS) is 2. The van der Waals surface area contributed by atoms with E-state index in [1.165, 1.54) is 6.08 Å². The Balaban J connectivity index is 1.66. The molecule has 10 heteroatoms. The number of carbonyl (C=O) groups is 4. The van der Waals surface area contributed by atoms with E-state index in [-0.39, 0.29) is 18.2 Å². The first-order valence-electron chi connectivity index (χ1n) is 12.8. The van der Waals surface area contributed by atoms with Crippen LogP contribution in [-0.2, 0) is 25.6 Å². The minimum Gasteiger partial charge on any atom is -0.481 e. The lowest BCUT2D eigenvalue weighted by molar-refractivity contribution is -0.152. The molecule has 0 saturated carbocycles. The molecule has 0 fully saturated rings. The minimum atomic E-state index is -1.71. The lowest BCUT2D eigenvalue weighted by Crippen LogP contribution is -2.54. The highest BCUT2D eigenvalue weighted by Crippen LogP contribution is 2.29. The maximum atomic E-state index is 13.5. The van der Waals surface area contributed by atoms with Crippen LogP contribution in [0, 0.1) is 5.92 Å². The standard InChI is InChI=1S/C30H31N3O7/c1-18(2)26(32-27(36)22-14-8-12-20-11-6-7-13-21(20)22)24-17-30(40-33-24,16-19-9-4-3-5-10-19)29(39)31-23(28(37)38)15-25(34)35/h3-14,17-18,23,26,33H,15-16H2,1-2H3,(H,31,39)(H,32,36)(H,34,35)(H,37,38)/t23-,26-,30?/m0/s1. The lowest BCUT2D eigenvalue weighted by Gasteiger charge is -2.26. The van der Waals surface area contributed by atoms with Gasteiger partial charge in [-0.3, -0.25) is 24.7 Å². The third-order valence-electron chi connectivity index (χ3n) is 6.74. The summed E-state index contributed by atoms with van der Waals surface area (Å²) in [5.74, 6) is -4.12. The van der Waals surface area contributed by atoms with Gasteiger partial charge in [-0.2, -0.15) is 0 Å². The van der Waals surface area contributed by atoms with Gasteiger partial charge in [-0.15, -0.1) is 0 Å². The van der Waals surface area contributed by atoms with E-state index in [1.807, 2.05) is 56.3 Å². The summed E-state index contributed by atoms with van der Waals surface area (Å²) in [6.07, 6.45) is 0.753. The van der Waals surface area contributed by atoms with Gasteiger partial charge in [0.25, 0.3) is 11.8 Å². The summed E-state index contributed by atoms with van der Waals surface area (Å²) in [5.41, 5.74) is 2.72. The van der Waals surface area contributed by atoms with Crippen molar-refractivity contribution in [2.75, 3.05) is 0 Å². The van der Waals surface area contributed by atoms with Gasteiger partial charge < -0.3 is 20.8 Å². The summed E-state index contributed by atoms with van der Waals surface area (Å²) in [7, 11) is 0. The third kappa shape index (κ3) is 6.29. The molecule has 0 aliphatic carbocycles. The van der Waals surface area contributed by atoms with Crippen LogP contribution in [0.5, 0.6) is 0 Å². The number of aliphatic carboxylic acids is 2. The molecule has 4 rings (SSSR count). The quantitative estimate of drug-likeness (QED) is 0.246. The number of carboxylic acids is 2. The number of rotatable bonds is 11. The van der Waals surface area contributed by atoms with Crippen molar-refractivity contribution < 1.29 is 34.2 Å². The van der Waals surface area contributed by atoms with Gasteiger partial charge in [-0.1, -0.05) is 80.6 Å². The number of hydrogen-bond acceptors (Lipinski definition) is 6. The number of fused-ring (bicyclic) bond motifs is 1. The zero-order chi connectivity index (χ0) is 28.9. The zero-order valence-electron chi connectivity index (χ0n) is 22.1. The van der Waals surface area contributed by atoms with Crippen LogP contribution in [0.15, 0.2) is 84.6 Å². The van der Waals surface area contributed by atoms with Gasteiger partial charge in [-0.05, 0) is 34.4 Å². The fourth-order valence-corrected chi connectivity index (χ4v) is 4.69. The van der Waals surface area contributed by atoms with E-state index in [0.717, 1.165) is 16.3 Å². The number of benzene rings is 3. The van der Waals surface area contributed by atoms with Crippen LogP contribution in [0.25, 0.3) is 10.8 Å². The second-order valence-electron chi connectivity index (χ2n) is 10.0. The van der Waals surface area contributed by atoms with Crippen molar-refractivity contribution in [3.8, 4) is 0 Å². The second-order valence-corrected chi connectivity index (χ2v) is 10.0. The van der Waals surface area contributed by atoms with Crippen molar-refractivity contribution >= 4 is 34.5 Å². The van der Waals surface area contributed by atoms with E-state index in [4.69, 9.17) is 9.94 Å². The highest BCUT2D eigenvalue weighted by molar-refractivity contribution is 6.07. The highest BCUT2D eigenvalue weighted by atomic mass is 16.7. The van der Waals surface area contributed by atoms with Crippen molar-refractivity contribution in [2.24, 2.45) is 5.92 Å². The Morgan fingerprint density at radius 3 is 2.25 bits per heavy atom. The molecule has 208 valence electrons. The van der Waals surface area contributed by atoms with E-state index in [9.17, 15) is 24.3 Å². The van der Waals surface area contributed by atoms with E-state index >= 15 is 0 Å². The van der Waals surface area contributed by atoms with E-state index in [2.05, 4.69) is 16.1 Å². The summed E-state index contributed by atoms with van der Waals surface area (Å²) >= 11 is 0. The Bertz CT molecular complexity index is 1450. The Labute approximate surface area is 231 Å². The molecule has 1 heterocycles. The SMILES string of the molecule is CC(C)[C@H](NC(=O)c1cccc2ccccc12)C1=CC(Cc2ccccc2)(C(=O)N[C@@H](CC(=O)O)C(=O)O)ON1. The molecule has 5 N–H and O–H groups in total. The smallest absolute Gasteiger partial charge is 0.326 e. The summed E-state index contributed by atoms with van der Waals surface area (Å²) in [5, 5.41) is 25.7. The molecule has 1 unspecified atom stereocenters. The first kappa shape index (κ1) is 28.3. The molecular weight excluding hydrogens is 514 g/mol. The molecular formula is C30H31N3O7. The number of hydroxylamine groups is 1. The molecule has 3 atom stereocenters. The number of carbonyl (C=O) groups excluding carboxylic acids is 2. The van der Waals surface area contributed by atoms with Crippen molar-refractivity contribution in [1.82, 2.24) is 16.1 Å². The van der Waals surface area contributed by atoms with Crippen LogP contribution in [-0.4, -0.2) is 51.7 Å². The first-order chi connectivity index (χ1) is 19.1.